The largest absolute Gasteiger partial charge is 0.399 e. The molecule has 0 atom stereocenters. The molecule has 0 fully saturated rings. The van der Waals surface area contributed by atoms with Crippen LogP contribution in [-0.4, -0.2) is 15.0 Å². The second kappa shape index (κ2) is 4.51. The second-order valence-electron chi connectivity index (χ2n) is 4.45. The van der Waals surface area contributed by atoms with Gasteiger partial charge in [0.25, 0.3) is 10.0 Å². The maximum Gasteiger partial charge on any atom is 0.273 e. The maximum absolute atomic E-state index is 12.6. The minimum Gasteiger partial charge on any atom is -0.399 e. The van der Waals surface area contributed by atoms with Gasteiger partial charge in [-0.25, -0.2) is 8.42 Å². The standard InChI is InChI=1S/C13H11N3O2S2/c14-8-11-3-4-13(19-11)20(17,18)16-6-5-9-1-2-10(15)7-12(9)16/h1-4,7H,5-6,15H2. The summed E-state index contributed by atoms with van der Waals surface area (Å²) in [6.07, 6.45) is 0.672. The molecule has 0 saturated heterocycles. The van der Waals surface area contributed by atoms with Crippen LogP contribution in [-0.2, 0) is 16.4 Å². The third-order valence-corrected chi connectivity index (χ3v) is 6.47. The van der Waals surface area contributed by atoms with Gasteiger partial charge in [0.15, 0.2) is 0 Å². The van der Waals surface area contributed by atoms with Crippen molar-refractivity contribution in [3.05, 3.63) is 40.8 Å². The topological polar surface area (TPSA) is 87.2 Å². The van der Waals surface area contributed by atoms with Gasteiger partial charge in [-0.05, 0) is 36.2 Å². The first-order chi connectivity index (χ1) is 9.52. The van der Waals surface area contributed by atoms with Crippen LogP contribution in [0, 0.1) is 11.3 Å². The highest BCUT2D eigenvalue weighted by molar-refractivity contribution is 7.94. The number of nitrogen functional groups attached to an aromatic ring is 1. The molecule has 1 aromatic heterocycles. The first kappa shape index (κ1) is 13.0. The highest BCUT2D eigenvalue weighted by Gasteiger charge is 2.32. The molecule has 0 saturated carbocycles. The molecule has 2 N–H and O–H groups in total. The number of hydrogen-bond donors (Lipinski definition) is 1. The zero-order chi connectivity index (χ0) is 14.3. The summed E-state index contributed by atoms with van der Waals surface area (Å²) < 4.78 is 26.8. The minimum absolute atomic E-state index is 0.185. The van der Waals surface area contributed by atoms with Crippen LogP contribution in [0.3, 0.4) is 0 Å². The Morgan fingerprint density at radius 2 is 2.10 bits per heavy atom. The third kappa shape index (κ3) is 1.94. The lowest BCUT2D eigenvalue weighted by Gasteiger charge is -2.18. The molecule has 7 heteroatoms. The predicted molar refractivity (Wildman–Crippen MR) is 78.1 cm³/mol. The summed E-state index contributed by atoms with van der Waals surface area (Å²) >= 11 is 0.984. The average Bonchev–Trinajstić information content (AvgIpc) is 3.05. The van der Waals surface area contributed by atoms with Crippen LogP contribution in [0.4, 0.5) is 11.4 Å². The fraction of sp³-hybridized carbons (Fsp3) is 0.154. The van der Waals surface area contributed by atoms with Crippen LogP contribution in [0.1, 0.15) is 10.4 Å². The monoisotopic (exact) mass is 305 g/mol. The van der Waals surface area contributed by atoms with Crippen molar-refractivity contribution in [1.29, 1.82) is 5.26 Å². The molecule has 102 valence electrons. The van der Waals surface area contributed by atoms with E-state index >= 15 is 0 Å². The molecular weight excluding hydrogens is 294 g/mol. The van der Waals surface area contributed by atoms with Crippen LogP contribution >= 0.6 is 11.3 Å². The van der Waals surface area contributed by atoms with E-state index in [1.807, 2.05) is 12.1 Å². The van der Waals surface area contributed by atoms with Crippen LogP contribution in [0.15, 0.2) is 34.5 Å². The van der Waals surface area contributed by atoms with Gasteiger partial charge >= 0.3 is 0 Å². The number of benzene rings is 1. The van der Waals surface area contributed by atoms with Crippen molar-refractivity contribution in [3.8, 4) is 6.07 Å². The van der Waals surface area contributed by atoms with Gasteiger partial charge in [-0.15, -0.1) is 11.3 Å². The van der Waals surface area contributed by atoms with Crippen molar-refractivity contribution in [2.24, 2.45) is 0 Å². The number of anilines is 2. The number of nitrogens with zero attached hydrogens (tertiary/aromatic N) is 2. The molecule has 2 heterocycles. The van der Waals surface area contributed by atoms with Gasteiger partial charge in [-0.2, -0.15) is 5.26 Å². The molecule has 0 spiro atoms. The molecule has 0 bridgehead atoms. The summed E-state index contributed by atoms with van der Waals surface area (Å²) in [4.78, 5) is 0.385. The molecule has 0 amide bonds. The van der Waals surface area contributed by atoms with E-state index < -0.39 is 10.0 Å². The number of sulfonamides is 1. The van der Waals surface area contributed by atoms with Gasteiger partial charge < -0.3 is 5.73 Å². The zero-order valence-corrected chi connectivity index (χ0v) is 12.0. The van der Waals surface area contributed by atoms with Crippen LogP contribution in [0.2, 0.25) is 0 Å². The molecule has 0 radical (unpaired) electrons. The molecular formula is C13H11N3O2S2. The smallest absolute Gasteiger partial charge is 0.273 e. The Kier molecular flexibility index (Phi) is 2.92. The molecule has 20 heavy (non-hydrogen) atoms. The predicted octanol–water partition coefficient (Wildman–Crippen LogP) is 1.95. The van der Waals surface area contributed by atoms with Crippen LogP contribution < -0.4 is 10.0 Å². The fourth-order valence-corrected chi connectivity index (χ4v) is 4.96. The molecule has 1 aliphatic heterocycles. The van der Waals surface area contributed by atoms with Gasteiger partial charge in [0.1, 0.15) is 15.2 Å². The normalized spacial score (nSPS) is 14.1. The maximum atomic E-state index is 12.6. The number of thiophene rings is 1. The molecule has 3 rings (SSSR count). The van der Waals surface area contributed by atoms with Gasteiger partial charge in [0.05, 0.1) is 5.69 Å². The van der Waals surface area contributed by atoms with Crippen molar-refractivity contribution < 1.29 is 8.42 Å². The highest BCUT2D eigenvalue weighted by Crippen LogP contribution is 2.35. The van der Waals surface area contributed by atoms with E-state index in [0.717, 1.165) is 16.9 Å². The Hall–Kier alpha value is -2.04. The van der Waals surface area contributed by atoms with E-state index in [1.165, 1.54) is 16.4 Å². The lowest BCUT2D eigenvalue weighted by atomic mass is 10.1. The molecule has 1 aromatic carbocycles. The summed E-state index contributed by atoms with van der Waals surface area (Å²) in [5.74, 6) is 0. The summed E-state index contributed by atoms with van der Waals surface area (Å²) in [7, 11) is -3.61. The average molecular weight is 305 g/mol. The van der Waals surface area contributed by atoms with E-state index in [4.69, 9.17) is 11.0 Å². The van der Waals surface area contributed by atoms with E-state index in [9.17, 15) is 8.42 Å². The third-order valence-electron chi connectivity index (χ3n) is 3.20. The first-order valence-corrected chi connectivity index (χ1v) is 8.19. The Morgan fingerprint density at radius 3 is 2.80 bits per heavy atom. The van der Waals surface area contributed by atoms with E-state index in [-0.39, 0.29) is 4.21 Å². The van der Waals surface area contributed by atoms with Gasteiger partial charge in [-0.3, -0.25) is 4.31 Å². The van der Waals surface area contributed by atoms with Crippen molar-refractivity contribution in [2.75, 3.05) is 16.6 Å². The first-order valence-electron chi connectivity index (χ1n) is 5.93. The van der Waals surface area contributed by atoms with Gasteiger partial charge in [-0.1, -0.05) is 6.07 Å². The molecule has 5 nitrogen and oxygen atoms in total. The Balaban J connectivity index is 2.07. The fourth-order valence-electron chi connectivity index (χ4n) is 2.24. The number of nitrogens with two attached hydrogens (primary N) is 1. The Labute approximate surface area is 120 Å². The summed E-state index contributed by atoms with van der Waals surface area (Å²) in [5, 5.41) is 8.81. The molecule has 1 aliphatic rings. The quantitative estimate of drug-likeness (QED) is 0.859. The number of rotatable bonds is 2. The molecule has 2 aromatic rings. The van der Waals surface area contributed by atoms with Crippen LogP contribution in [0.25, 0.3) is 0 Å². The molecule has 0 unspecified atom stereocenters. The van der Waals surface area contributed by atoms with Crippen molar-refractivity contribution in [1.82, 2.24) is 0 Å². The Morgan fingerprint density at radius 1 is 1.30 bits per heavy atom. The van der Waals surface area contributed by atoms with E-state index in [2.05, 4.69) is 0 Å². The van der Waals surface area contributed by atoms with Crippen molar-refractivity contribution >= 4 is 32.7 Å². The number of fused-ring (bicyclic) bond motifs is 1. The highest BCUT2D eigenvalue weighted by atomic mass is 32.2. The van der Waals surface area contributed by atoms with Gasteiger partial charge in [0.2, 0.25) is 0 Å². The zero-order valence-electron chi connectivity index (χ0n) is 10.4. The number of nitriles is 1. The van der Waals surface area contributed by atoms with E-state index in [0.29, 0.717) is 29.2 Å². The van der Waals surface area contributed by atoms with E-state index in [1.54, 1.807) is 12.1 Å². The summed E-state index contributed by atoms with van der Waals surface area (Å²) in [5.41, 5.74) is 7.88. The molecule has 0 aliphatic carbocycles. The SMILES string of the molecule is N#Cc1ccc(S(=O)(=O)N2CCc3ccc(N)cc32)s1. The van der Waals surface area contributed by atoms with Crippen LogP contribution in [0.5, 0.6) is 0 Å². The van der Waals surface area contributed by atoms with Gasteiger partial charge in [0, 0.05) is 12.2 Å². The second-order valence-corrected chi connectivity index (χ2v) is 7.62. The minimum atomic E-state index is -3.61. The number of hydrogen-bond acceptors (Lipinski definition) is 5. The lowest BCUT2D eigenvalue weighted by Crippen LogP contribution is -2.28. The van der Waals surface area contributed by atoms with Crippen molar-refractivity contribution in [3.63, 3.8) is 0 Å². The Bertz CT molecular complexity index is 818. The summed E-state index contributed by atoms with van der Waals surface area (Å²) in [6, 6.07) is 10.3. The lowest BCUT2D eigenvalue weighted by molar-refractivity contribution is 0.594. The summed E-state index contributed by atoms with van der Waals surface area (Å²) in [6.45, 7) is 0.404. The van der Waals surface area contributed by atoms with Crippen molar-refractivity contribution in [2.45, 2.75) is 10.6 Å².